The van der Waals surface area contributed by atoms with E-state index in [1.54, 1.807) is 4.90 Å². The number of likely N-dealkylation sites (tertiary alicyclic amines) is 1. The van der Waals surface area contributed by atoms with E-state index < -0.39 is 0 Å². The van der Waals surface area contributed by atoms with Crippen LogP contribution < -0.4 is 11.1 Å². The molecule has 2 amide bonds. The number of aromatic nitrogens is 2. The summed E-state index contributed by atoms with van der Waals surface area (Å²) in [7, 11) is 0. The van der Waals surface area contributed by atoms with Gasteiger partial charge in [0.25, 0.3) is 5.91 Å². The van der Waals surface area contributed by atoms with Gasteiger partial charge in [0.1, 0.15) is 6.33 Å². The van der Waals surface area contributed by atoms with E-state index in [1.807, 2.05) is 0 Å². The third-order valence-corrected chi connectivity index (χ3v) is 3.33. The third kappa shape index (κ3) is 3.51. The molecule has 1 aliphatic heterocycles. The van der Waals surface area contributed by atoms with Gasteiger partial charge in [-0.05, 0) is 12.8 Å². The number of amides is 2. The Morgan fingerprint density at radius 3 is 2.85 bits per heavy atom. The average Bonchev–Trinajstić information content (AvgIpc) is 2.52. The number of piperidine rings is 1. The van der Waals surface area contributed by atoms with Crippen LogP contribution in [0.15, 0.2) is 18.7 Å². The number of nitrogens with zero attached hydrogens (tertiary/aromatic N) is 3. The summed E-state index contributed by atoms with van der Waals surface area (Å²) in [4.78, 5) is 33.6. The minimum atomic E-state index is -0.163. The van der Waals surface area contributed by atoms with Crippen LogP contribution in [0.3, 0.4) is 0 Å². The smallest absolute Gasteiger partial charge is 0.257 e. The Bertz CT molecular complexity index is 465. The summed E-state index contributed by atoms with van der Waals surface area (Å²) in [5, 5.41) is 2.77. The first kappa shape index (κ1) is 14.4. The molecule has 1 unspecified atom stereocenters. The SMILES string of the molecule is NCCNC(=O)C1CCCN(C(=O)c2cncnc2)C1. The van der Waals surface area contributed by atoms with Crippen molar-refractivity contribution in [3.05, 3.63) is 24.3 Å². The maximum absolute atomic E-state index is 12.3. The van der Waals surface area contributed by atoms with Crippen LogP contribution in [0.5, 0.6) is 0 Å². The summed E-state index contributed by atoms with van der Waals surface area (Å²) < 4.78 is 0. The normalized spacial score (nSPS) is 18.6. The standard InChI is InChI=1S/C13H19N5O2/c14-3-4-17-12(19)10-2-1-5-18(8-10)13(20)11-6-15-9-16-7-11/h6-7,9-10H,1-5,8,14H2,(H,17,19). The van der Waals surface area contributed by atoms with E-state index >= 15 is 0 Å². The highest BCUT2D eigenvalue weighted by Gasteiger charge is 2.28. The van der Waals surface area contributed by atoms with E-state index in [1.165, 1.54) is 18.7 Å². The van der Waals surface area contributed by atoms with Gasteiger partial charge in [-0.3, -0.25) is 9.59 Å². The molecule has 1 fully saturated rings. The number of nitrogens with two attached hydrogens (primary N) is 1. The molecule has 7 heteroatoms. The summed E-state index contributed by atoms with van der Waals surface area (Å²) in [6, 6.07) is 0. The Labute approximate surface area is 117 Å². The van der Waals surface area contributed by atoms with Crippen molar-refractivity contribution in [2.75, 3.05) is 26.2 Å². The minimum Gasteiger partial charge on any atom is -0.355 e. The van der Waals surface area contributed by atoms with Crippen molar-refractivity contribution >= 4 is 11.8 Å². The van der Waals surface area contributed by atoms with Gasteiger partial charge in [-0.2, -0.15) is 0 Å². The molecule has 20 heavy (non-hydrogen) atoms. The predicted molar refractivity (Wildman–Crippen MR) is 72.7 cm³/mol. The second kappa shape index (κ2) is 6.95. The summed E-state index contributed by atoms with van der Waals surface area (Å²) in [5.41, 5.74) is 5.82. The number of carbonyl (C=O) groups excluding carboxylic acids is 2. The number of hydrogen-bond acceptors (Lipinski definition) is 5. The first-order valence-electron chi connectivity index (χ1n) is 6.74. The molecule has 2 rings (SSSR count). The van der Waals surface area contributed by atoms with Crippen LogP contribution in [-0.2, 0) is 4.79 Å². The number of nitrogens with one attached hydrogen (secondary N) is 1. The average molecular weight is 277 g/mol. The van der Waals surface area contributed by atoms with E-state index in [0.717, 1.165) is 12.8 Å². The molecular weight excluding hydrogens is 258 g/mol. The molecule has 0 spiro atoms. The van der Waals surface area contributed by atoms with Gasteiger partial charge < -0.3 is 16.0 Å². The van der Waals surface area contributed by atoms with E-state index in [2.05, 4.69) is 15.3 Å². The number of carbonyl (C=O) groups is 2. The molecule has 108 valence electrons. The topological polar surface area (TPSA) is 101 Å². The van der Waals surface area contributed by atoms with Gasteiger partial charge >= 0.3 is 0 Å². The summed E-state index contributed by atoms with van der Waals surface area (Å²) >= 11 is 0. The predicted octanol–water partition coefficient (Wildman–Crippen LogP) is -0.596. The summed E-state index contributed by atoms with van der Waals surface area (Å²) in [5.74, 6) is -0.317. The summed E-state index contributed by atoms with van der Waals surface area (Å²) in [6.45, 7) is 1.98. The van der Waals surface area contributed by atoms with Crippen molar-refractivity contribution in [1.82, 2.24) is 20.2 Å². The molecule has 0 bridgehead atoms. The van der Waals surface area contributed by atoms with Gasteiger partial charge in [0.2, 0.25) is 5.91 Å². The van der Waals surface area contributed by atoms with E-state index in [9.17, 15) is 9.59 Å². The maximum Gasteiger partial charge on any atom is 0.257 e. The van der Waals surface area contributed by atoms with Crippen LogP contribution in [-0.4, -0.2) is 52.9 Å². The van der Waals surface area contributed by atoms with Crippen LogP contribution in [0.4, 0.5) is 0 Å². The highest BCUT2D eigenvalue weighted by atomic mass is 16.2. The van der Waals surface area contributed by atoms with Crippen LogP contribution in [0, 0.1) is 5.92 Å². The summed E-state index contributed by atoms with van der Waals surface area (Å²) in [6.07, 6.45) is 5.99. The van der Waals surface area contributed by atoms with E-state index in [-0.39, 0.29) is 17.7 Å². The molecule has 1 atom stereocenters. The Kier molecular flexibility index (Phi) is 5.00. The highest BCUT2D eigenvalue weighted by Crippen LogP contribution is 2.18. The Hall–Kier alpha value is -2.02. The fraction of sp³-hybridized carbons (Fsp3) is 0.538. The largest absolute Gasteiger partial charge is 0.355 e. The van der Waals surface area contributed by atoms with Crippen molar-refractivity contribution in [2.45, 2.75) is 12.8 Å². The monoisotopic (exact) mass is 277 g/mol. The van der Waals surface area contributed by atoms with Crippen molar-refractivity contribution < 1.29 is 9.59 Å². The quantitative estimate of drug-likeness (QED) is 0.765. The lowest BCUT2D eigenvalue weighted by Gasteiger charge is -2.32. The van der Waals surface area contributed by atoms with Crippen LogP contribution in [0.25, 0.3) is 0 Å². The number of hydrogen-bond donors (Lipinski definition) is 2. The molecule has 1 aromatic rings. The van der Waals surface area contributed by atoms with Crippen molar-refractivity contribution in [1.29, 1.82) is 0 Å². The Balaban J connectivity index is 1.96. The van der Waals surface area contributed by atoms with Gasteiger partial charge in [-0.15, -0.1) is 0 Å². The zero-order valence-corrected chi connectivity index (χ0v) is 11.3. The highest BCUT2D eigenvalue weighted by molar-refractivity contribution is 5.94. The zero-order chi connectivity index (χ0) is 14.4. The number of rotatable bonds is 4. The van der Waals surface area contributed by atoms with E-state index in [4.69, 9.17) is 5.73 Å². The van der Waals surface area contributed by atoms with Gasteiger partial charge in [-0.25, -0.2) is 9.97 Å². The molecule has 2 heterocycles. The Morgan fingerprint density at radius 1 is 1.40 bits per heavy atom. The second-order valence-corrected chi connectivity index (χ2v) is 4.80. The maximum atomic E-state index is 12.3. The third-order valence-electron chi connectivity index (χ3n) is 3.33. The zero-order valence-electron chi connectivity index (χ0n) is 11.3. The first-order chi connectivity index (χ1) is 9.72. The van der Waals surface area contributed by atoms with Crippen molar-refractivity contribution in [3.8, 4) is 0 Å². The van der Waals surface area contributed by atoms with Gasteiger partial charge in [-0.1, -0.05) is 0 Å². The van der Waals surface area contributed by atoms with Gasteiger partial charge in [0.05, 0.1) is 11.5 Å². The molecule has 1 saturated heterocycles. The molecule has 0 radical (unpaired) electrons. The molecule has 0 saturated carbocycles. The molecule has 7 nitrogen and oxygen atoms in total. The molecule has 1 aliphatic rings. The first-order valence-corrected chi connectivity index (χ1v) is 6.74. The van der Waals surface area contributed by atoms with Crippen LogP contribution >= 0.6 is 0 Å². The molecule has 0 aromatic carbocycles. The molecule has 3 N–H and O–H groups in total. The van der Waals surface area contributed by atoms with Crippen molar-refractivity contribution in [2.24, 2.45) is 11.7 Å². The second-order valence-electron chi connectivity index (χ2n) is 4.80. The molecule has 0 aliphatic carbocycles. The van der Waals surface area contributed by atoms with Crippen LogP contribution in [0.2, 0.25) is 0 Å². The lowest BCUT2D eigenvalue weighted by molar-refractivity contribution is -0.126. The fourth-order valence-electron chi connectivity index (χ4n) is 2.31. The lowest BCUT2D eigenvalue weighted by Crippen LogP contribution is -2.46. The minimum absolute atomic E-state index is 0.0303. The fourth-order valence-corrected chi connectivity index (χ4v) is 2.31. The van der Waals surface area contributed by atoms with Crippen LogP contribution in [0.1, 0.15) is 23.2 Å². The van der Waals surface area contributed by atoms with Gasteiger partial charge in [0.15, 0.2) is 0 Å². The lowest BCUT2D eigenvalue weighted by atomic mass is 9.96. The van der Waals surface area contributed by atoms with Gasteiger partial charge in [0, 0.05) is 38.6 Å². The molecular formula is C13H19N5O2. The molecule has 1 aromatic heterocycles. The Morgan fingerprint density at radius 2 is 2.15 bits per heavy atom. The van der Waals surface area contributed by atoms with E-state index in [0.29, 0.717) is 31.7 Å². The van der Waals surface area contributed by atoms with Crippen molar-refractivity contribution in [3.63, 3.8) is 0 Å².